The maximum atomic E-state index is 12.7. The molecule has 0 bridgehead atoms. The Balaban J connectivity index is 0.000000182. The third kappa shape index (κ3) is 7.83. The molecule has 2 unspecified atom stereocenters. The highest BCUT2D eigenvalue weighted by Gasteiger charge is 2.53. The van der Waals surface area contributed by atoms with E-state index in [1.54, 1.807) is 11.8 Å². The summed E-state index contributed by atoms with van der Waals surface area (Å²) < 4.78 is 5.27. The van der Waals surface area contributed by atoms with Gasteiger partial charge in [-0.1, -0.05) is 121 Å². The lowest BCUT2D eigenvalue weighted by molar-refractivity contribution is -0.149. The van der Waals surface area contributed by atoms with Gasteiger partial charge in [-0.05, 0) is 55.2 Å². The topological polar surface area (TPSA) is 105 Å². The van der Waals surface area contributed by atoms with Crippen molar-refractivity contribution in [2.24, 2.45) is 5.73 Å². The molecule has 2 saturated heterocycles. The highest BCUT2D eigenvalue weighted by Crippen LogP contribution is 2.47. The molecule has 0 saturated carbocycles. The molecule has 234 valence electrons. The number of carbonyl (C=O) groups excluding carboxylic acids is 1. The van der Waals surface area contributed by atoms with Gasteiger partial charge in [0.25, 0.3) is 0 Å². The Hall–Kier alpha value is -3.95. The number of hydrogen-bond acceptors (Lipinski definition) is 7. The van der Waals surface area contributed by atoms with Gasteiger partial charge < -0.3 is 20.5 Å². The van der Waals surface area contributed by atoms with Crippen LogP contribution in [0, 0.1) is 0 Å². The third-order valence-corrected chi connectivity index (χ3v) is 10.3. The summed E-state index contributed by atoms with van der Waals surface area (Å²) in [7, 11) is 2.07. The fourth-order valence-electron chi connectivity index (χ4n) is 6.08. The van der Waals surface area contributed by atoms with E-state index in [-0.39, 0.29) is 29.1 Å². The summed E-state index contributed by atoms with van der Waals surface area (Å²) in [6, 6.07) is 39.8. The molecule has 8 heteroatoms. The van der Waals surface area contributed by atoms with Crippen molar-refractivity contribution in [3.63, 3.8) is 0 Å². The molecule has 7 nitrogen and oxygen atoms in total. The number of piperidine rings is 1. The van der Waals surface area contributed by atoms with Crippen LogP contribution in [0.3, 0.4) is 0 Å². The quantitative estimate of drug-likeness (QED) is 0.171. The summed E-state index contributed by atoms with van der Waals surface area (Å²) >= 11 is 1.60. The molecule has 2 heterocycles. The Kier molecular flexibility index (Phi) is 10.7. The average Bonchev–Trinajstić information content (AvgIpc) is 3.43. The van der Waals surface area contributed by atoms with Gasteiger partial charge >= 0.3 is 11.9 Å². The summed E-state index contributed by atoms with van der Waals surface area (Å²) in [5.41, 5.74) is 10.5. The van der Waals surface area contributed by atoms with Crippen molar-refractivity contribution in [2.75, 3.05) is 20.1 Å². The molecule has 4 aromatic rings. The van der Waals surface area contributed by atoms with E-state index in [9.17, 15) is 9.59 Å². The minimum absolute atomic E-state index is 0.00468. The zero-order valence-corrected chi connectivity index (χ0v) is 26.4. The molecule has 0 aromatic heterocycles. The van der Waals surface area contributed by atoms with Crippen LogP contribution in [0.5, 0.6) is 0 Å². The number of rotatable bonds is 8. The largest absolute Gasteiger partial charge is 0.481 e. The van der Waals surface area contributed by atoms with Crippen LogP contribution in [0.15, 0.2) is 121 Å². The van der Waals surface area contributed by atoms with Gasteiger partial charge in [-0.3, -0.25) is 14.9 Å². The van der Waals surface area contributed by atoms with E-state index in [2.05, 4.69) is 53.7 Å². The van der Waals surface area contributed by atoms with Crippen LogP contribution in [0.25, 0.3) is 0 Å². The molecule has 1 spiro atoms. The van der Waals surface area contributed by atoms with Gasteiger partial charge in [-0.15, -0.1) is 11.8 Å². The minimum Gasteiger partial charge on any atom is -0.481 e. The van der Waals surface area contributed by atoms with Gasteiger partial charge in [0.05, 0.1) is 17.3 Å². The Morgan fingerprint density at radius 2 is 1.29 bits per heavy atom. The van der Waals surface area contributed by atoms with Gasteiger partial charge in [-0.2, -0.15) is 0 Å². The monoisotopic (exact) mass is 623 g/mol. The zero-order valence-electron chi connectivity index (χ0n) is 25.5. The Bertz CT molecular complexity index is 1420. The summed E-state index contributed by atoms with van der Waals surface area (Å²) in [5.74, 6) is -1.14. The Labute approximate surface area is 269 Å². The number of nitrogens with two attached hydrogens (primary N) is 1. The van der Waals surface area contributed by atoms with Crippen LogP contribution < -0.4 is 11.1 Å². The van der Waals surface area contributed by atoms with Crippen LogP contribution >= 0.6 is 11.8 Å². The van der Waals surface area contributed by atoms with Gasteiger partial charge in [0.15, 0.2) is 0 Å². The van der Waals surface area contributed by atoms with Crippen molar-refractivity contribution in [1.82, 2.24) is 10.2 Å². The molecule has 0 amide bonds. The van der Waals surface area contributed by atoms with Crippen LogP contribution in [-0.2, 0) is 26.5 Å². The van der Waals surface area contributed by atoms with Crippen LogP contribution in [0.1, 0.15) is 41.5 Å². The smallest absolute Gasteiger partial charge is 0.324 e. The zero-order chi connectivity index (χ0) is 31.7. The van der Waals surface area contributed by atoms with Gasteiger partial charge in [0.1, 0.15) is 12.6 Å². The number of hydrogen-bond donors (Lipinski definition) is 3. The number of carboxylic acid groups (broad SMARTS) is 1. The fraction of sp³-hybridized carbons (Fsp3) is 0.297. The molecular weight excluding hydrogens is 582 g/mol. The van der Waals surface area contributed by atoms with Crippen molar-refractivity contribution in [1.29, 1.82) is 0 Å². The maximum Gasteiger partial charge on any atom is 0.324 e. The maximum absolute atomic E-state index is 12.7. The summed E-state index contributed by atoms with van der Waals surface area (Å²) in [5, 5.41) is 12.1. The lowest BCUT2D eigenvalue weighted by Gasteiger charge is -2.39. The highest BCUT2D eigenvalue weighted by atomic mass is 32.2. The van der Waals surface area contributed by atoms with E-state index in [1.165, 1.54) is 0 Å². The number of nitrogens with one attached hydrogen (secondary N) is 1. The summed E-state index contributed by atoms with van der Waals surface area (Å²) in [4.78, 5) is 26.1. The number of thioether (sulfide) groups is 1. The van der Waals surface area contributed by atoms with E-state index >= 15 is 0 Å². The van der Waals surface area contributed by atoms with Gasteiger partial charge in [0, 0.05) is 4.75 Å². The van der Waals surface area contributed by atoms with E-state index < -0.39 is 17.6 Å². The number of carbonyl (C=O) groups is 2. The second-order valence-electron chi connectivity index (χ2n) is 11.7. The number of likely N-dealkylation sites (tertiary alicyclic amines) is 1. The molecule has 0 radical (unpaired) electrons. The molecule has 2 atom stereocenters. The molecule has 0 aliphatic carbocycles. The van der Waals surface area contributed by atoms with Crippen LogP contribution in [0.2, 0.25) is 0 Å². The number of esters is 1. The normalized spacial score (nSPS) is 19.3. The first-order chi connectivity index (χ1) is 21.8. The first-order valence-electron chi connectivity index (χ1n) is 15.3. The Morgan fingerprint density at radius 3 is 1.73 bits per heavy atom. The molecule has 4 aromatic carbocycles. The van der Waals surface area contributed by atoms with E-state index in [0.717, 1.165) is 48.2 Å². The van der Waals surface area contributed by atoms with Gasteiger partial charge in [0.2, 0.25) is 0 Å². The van der Waals surface area contributed by atoms with E-state index in [0.29, 0.717) is 0 Å². The highest BCUT2D eigenvalue weighted by molar-refractivity contribution is 8.01. The van der Waals surface area contributed by atoms with E-state index in [4.69, 9.17) is 15.6 Å². The minimum atomic E-state index is -0.855. The fourth-order valence-corrected chi connectivity index (χ4v) is 7.80. The van der Waals surface area contributed by atoms with E-state index in [1.807, 2.05) is 84.9 Å². The van der Waals surface area contributed by atoms with Crippen molar-refractivity contribution >= 4 is 23.7 Å². The molecule has 4 N–H and O–H groups in total. The number of aliphatic carboxylic acids is 1. The Morgan fingerprint density at radius 1 is 0.844 bits per heavy atom. The molecular formula is C37H41N3O4S. The molecule has 2 aliphatic rings. The summed E-state index contributed by atoms with van der Waals surface area (Å²) in [6.45, 7) is 2.04. The number of ether oxygens (including phenoxy) is 1. The van der Waals surface area contributed by atoms with Crippen molar-refractivity contribution < 1.29 is 19.4 Å². The van der Waals surface area contributed by atoms with Crippen LogP contribution in [0.4, 0.5) is 0 Å². The second-order valence-corrected chi connectivity index (χ2v) is 13.3. The first-order valence-corrected chi connectivity index (χ1v) is 16.2. The predicted octanol–water partition coefficient (Wildman–Crippen LogP) is 5.64. The molecule has 2 fully saturated rings. The first kappa shape index (κ1) is 32.4. The number of benzene rings is 4. The predicted molar refractivity (Wildman–Crippen MR) is 180 cm³/mol. The van der Waals surface area contributed by atoms with Crippen molar-refractivity contribution in [2.45, 2.75) is 47.6 Å². The number of nitrogens with zero attached hydrogens (tertiary/aromatic N) is 1. The molecule has 2 aliphatic heterocycles. The second kappa shape index (κ2) is 14.9. The summed E-state index contributed by atoms with van der Waals surface area (Å²) in [6.07, 6.45) is 1.70. The lowest BCUT2D eigenvalue weighted by Crippen LogP contribution is -2.53. The average molecular weight is 624 g/mol. The SMILES string of the molecule is CN1CCC2(CC1)SC(CC(=O)O)NC2C(=O)OCc1ccccc1.NC(c1ccccc1)(c1ccccc1)c1ccccc1. The number of carboxylic acids is 1. The third-order valence-electron chi connectivity index (χ3n) is 8.60. The molecule has 45 heavy (non-hydrogen) atoms. The standard InChI is InChI=1S/C19H17N.C18H24N2O4S/c20-19(16-10-4-1-5-11-16,17-12-6-2-7-13-17)18-14-8-3-9-15-18;1-20-9-7-18(8-10-20)16(19-14(25-18)11-15(21)22)17(23)24-12-13-5-3-2-4-6-13/h1-15H,20H2;2-6,14,16,19H,7-12H2,1H3,(H,21,22). The van der Waals surface area contributed by atoms with Crippen LogP contribution in [-0.4, -0.2) is 58.2 Å². The molecule has 6 rings (SSSR count). The van der Waals surface area contributed by atoms with Crippen molar-refractivity contribution in [3.8, 4) is 0 Å². The lowest BCUT2D eigenvalue weighted by atomic mass is 9.78. The van der Waals surface area contributed by atoms with Gasteiger partial charge in [-0.25, -0.2) is 0 Å². The van der Waals surface area contributed by atoms with Crippen molar-refractivity contribution in [3.05, 3.63) is 144 Å².